The Bertz CT molecular complexity index is 917. The fraction of sp³-hybridized carbons (Fsp3) is 0.250. The molecule has 7 heteroatoms. The minimum absolute atomic E-state index is 0.451. The third-order valence-corrected chi connectivity index (χ3v) is 5.09. The van der Waals surface area contributed by atoms with Gasteiger partial charge in [-0.3, -0.25) is 0 Å². The van der Waals surface area contributed by atoms with Crippen molar-refractivity contribution in [2.24, 2.45) is 0 Å². The van der Waals surface area contributed by atoms with E-state index in [-0.39, 0.29) is 0 Å². The van der Waals surface area contributed by atoms with Gasteiger partial charge in [0.25, 0.3) is 0 Å². The number of hydrogen-bond donors (Lipinski definition) is 0. The third kappa shape index (κ3) is 5.55. The van der Waals surface area contributed by atoms with Crippen LogP contribution < -0.4 is 4.74 Å². The molecular weight excluding hydrogens is 405 g/mol. The van der Waals surface area contributed by atoms with Crippen molar-refractivity contribution in [2.45, 2.75) is 32.6 Å². The summed E-state index contributed by atoms with van der Waals surface area (Å²) in [5.41, 5.74) is 2.88. The summed E-state index contributed by atoms with van der Waals surface area (Å²) in [5, 5.41) is 1.68. The molecule has 0 aliphatic heterocycles. The van der Waals surface area contributed by atoms with Gasteiger partial charge in [0.05, 0.1) is 21.4 Å². The molecule has 0 unspecified atom stereocenters. The zero-order valence-electron chi connectivity index (χ0n) is 14.8. The van der Waals surface area contributed by atoms with Gasteiger partial charge in [-0.2, -0.15) is 0 Å². The first-order valence-electron chi connectivity index (χ1n) is 8.57. The Morgan fingerprint density at radius 1 is 0.926 bits per heavy atom. The highest BCUT2D eigenvalue weighted by Gasteiger charge is 2.07. The molecule has 0 atom stereocenters. The summed E-state index contributed by atoms with van der Waals surface area (Å²) in [5.74, 6) is 1.02. The molecule has 0 radical (unpaired) electrons. The molecule has 0 fully saturated rings. The smallest absolute Gasteiger partial charge is 0.219 e. The van der Waals surface area contributed by atoms with Crippen molar-refractivity contribution in [1.82, 2.24) is 15.0 Å². The van der Waals surface area contributed by atoms with Gasteiger partial charge in [0.15, 0.2) is 0 Å². The standard InChI is InChI=1S/C20H18Cl3N3O/c1-13-20(23)17(26-12-25-13)5-3-2-4-14-6-9-19(24-11-14)27-18-8-7-15(21)10-16(18)22/h6-12H,2-5H2,1H3. The summed E-state index contributed by atoms with van der Waals surface area (Å²) in [4.78, 5) is 12.7. The molecule has 0 amide bonds. The van der Waals surface area contributed by atoms with Crippen molar-refractivity contribution < 1.29 is 4.74 Å². The van der Waals surface area contributed by atoms with E-state index in [0.717, 1.165) is 42.6 Å². The molecule has 0 saturated heterocycles. The zero-order chi connectivity index (χ0) is 19.2. The molecule has 3 aromatic rings. The summed E-state index contributed by atoms with van der Waals surface area (Å²) in [6, 6.07) is 8.93. The van der Waals surface area contributed by atoms with Gasteiger partial charge in [0, 0.05) is 17.3 Å². The van der Waals surface area contributed by atoms with Crippen LogP contribution in [-0.4, -0.2) is 15.0 Å². The highest BCUT2D eigenvalue weighted by molar-refractivity contribution is 6.35. The Kier molecular flexibility index (Phi) is 6.89. The molecule has 2 aromatic heterocycles. The van der Waals surface area contributed by atoms with Crippen molar-refractivity contribution in [3.05, 3.63) is 74.9 Å². The molecule has 4 nitrogen and oxygen atoms in total. The number of benzene rings is 1. The van der Waals surface area contributed by atoms with E-state index in [4.69, 9.17) is 39.5 Å². The number of aromatic nitrogens is 3. The Morgan fingerprint density at radius 3 is 2.48 bits per heavy atom. The minimum Gasteiger partial charge on any atom is -0.437 e. The summed E-state index contributed by atoms with van der Waals surface area (Å²) in [6.45, 7) is 1.89. The van der Waals surface area contributed by atoms with Gasteiger partial charge in [-0.1, -0.05) is 40.9 Å². The molecule has 0 aliphatic carbocycles. The van der Waals surface area contributed by atoms with Crippen LogP contribution in [-0.2, 0) is 12.8 Å². The second-order valence-electron chi connectivity index (χ2n) is 6.11. The Hall–Kier alpha value is -1.88. The SMILES string of the molecule is Cc1ncnc(CCCCc2ccc(Oc3ccc(Cl)cc3Cl)nc2)c1Cl. The number of rotatable bonds is 7. The summed E-state index contributed by atoms with van der Waals surface area (Å²) >= 11 is 18.2. The monoisotopic (exact) mass is 421 g/mol. The second-order valence-corrected chi connectivity index (χ2v) is 7.33. The average Bonchev–Trinajstić information content (AvgIpc) is 2.65. The van der Waals surface area contributed by atoms with Crippen LogP contribution in [0.5, 0.6) is 11.6 Å². The number of pyridine rings is 1. The van der Waals surface area contributed by atoms with Gasteiger partial charge >= 0.3 is 0 Å². The maximum absolute atomic E-state index is 6.23. The van der Waals surface area contributed by atoms with Crippen LogP contribution in [0.15, 0.2) is 42.9 Å². The molecule has 27 heavy (non-hydrogen) atoms. The van der Waals surface area contributed by atoms with E-state index in [2.05, 4.69) is 15.0 Å². The zero-order valence-corrected chi connectivity index (χ0v) is 17.0. The van der Waals surface area contributed by atoms with Crippen LogP contribution in [0.4, 0.5) is 0 Å². The molecule has 0 spiro atoms. The number of nitrogens with zero attached hydrogens (tertiary/aromatic N) is 3. The average molecular weight is 423 g/mol. The molecule has 2 heterocycles. The van der Waals surface area contributed by atoms with Crippen LogP contribution in [0.1, 0.15) is 29.8 Å². The number of hydrogen-bond acceptors (Lipinski definition) is 4. The molecular formula is C20H18Cl3N3O. The lowest BCUT2D eigenvalue weighted by atomic mass is 10.1. The van der Waals surface area contributed by atoms with Crippen LogP contribution in [0.25, 0.3) is 0 Å². The van der Waals surface area contributed by atoms with Gasteiger partial charge in [-0.15, -0.1) is 0 Å². The maximum Gasteiger partial charge on any atom is 0.219 e. The largest absolute Gasteiger partial charge is 0.437 e. The van der Waals surface area contributed by atoms with Crippen molar-refractivity contribution >= 4 is 34.8 Å². The highest BCUT2D eigenvalue weighted by Crippen LogP contribution is 2.30. The molecule has 0 saturated carbocycles. The lowest BCUT2D eigenvalue weighted by Crippen LogP contribution is -1.97. The van der Waals surface area contributed by atoms with Crippen LogP contribution in [0.2, 0.25) is 15.1 Å². The Morgan fingerprint density at radius 2 is 1.74 bits per heavy atom. The predicted molar refractivity (Wildman–Crippen MR) is 109 cm³/mol. The van der Waals surface area contributed by atoms with E-state index in [1.165, 1.54) is 0 Å². The van der Waals surface area contributed by atoms with E-state index in [1.807, 2.05) is 25.3 Å². The van der Waals surface area contributed by atoms with Crippen LogP contribution >= 0.6 is 34.8 Å². The Labute approximate surface area is 173 Å². The van der Waals surface area contributed by atoms with Gasteiger partial charge < -0.3 is 4.74 Å². The predicted octanol–water partition coefficient (Wildman–Crippen LogP) is 6.50. The first-order valence-corrected chi connectivity index (χ1v) is 9.70. The summed E-state index contributed by atoms with van der Waals surface area (Å²) in [7, 11) is 0. The first-order chi connectivity index (χ1) is 13.0. The van der Waals surface area contributed by atoms with E-state index >= 15 is 0 Å². The maximum atomic E-state index is 6.23. The minimum atomic E-state index is 0.451. The fourth-order valence-electron chi connectivity index (χ4n) is 2.59. The lowest BCUT2D eigenvalue weighted by molar-refractivity contribution is 0.462. The first kappa shape index (κ1) is 19.9. The molecule has 0 aliphatic rings. The van der Waals surface area contributed by atoms with E-state index in [9.17, 15) is 0 Å². The molecule has 0 N–H and O–H groups in total. The Balaban J connectivity index is 1.50. The number of aryl methyl sites for hydroxylation is 3. The normalized spacial score (nSPS) is 10.8. The second kappa shape index (κ2) is 9.36. The van der Waals surface area contributed by atoms with E-state index in [1.54, 1.807) is 24.5 Å². The van der Waals surface area contributed by atoms with Gasteiger partial charge in [0.2, 0.25) is 5.88 Å². The quantitative estimate of drug-likeness (QED) is 0.408. The lowest BCUT2D eigenvalue weighted by Gasteiger charge is -2.08. The number of unbranched alkanes of at least 4 members (excludes halogenated alkanes) is 1. The van der Waals surface area contributed by atoms with Gasteiger partial charge in [0.1, 0.15) is 12.1 Å². The van der Waals surface area contributed by atoms with Crippen LogP contribution in [0, 0.1) is 6.92 Å². The number of ether oxygens (including phenoxy) is 1. The van der Waals surface area contributed by atoms with Crippen molar-refractivity contribution in [3.63, 3.8) is 0 Å². The molecule has 1 aromatic carbocycles. The van der Waals surface area contributed by atoms with Gasteiger partial charge in [-0.25, -0.2) is 15.0 Å². The molecule has 3 rings (SSSR count). The summed E-state index contributed by atoms with van der Waals surface area (Å²) < 4.78 is 5.70. The van der Waals surface area contributed by atoms with E-state index < -0.39 is 0 Å². The topological polar surface area (TPSA) is 47.9 Å². The summed E-state index contributed by atoms with van der Waals surface area (Å²) in [6.07, 6.45) is 7.16. The fourth-order valence-corrected chi connectivity index (χ4v) is 3.23. The van der Waals surface area contributed by atoms with Crippen molar-refractivity contribution in [3.8, 4) is 11.6 Å². The molecule has 0 bridgehead atoms. The van der Waals surface area contributed by atoms with Crippen molar-refractivity contribution in [2.75, 3.05) is 0 Å². The highest BCUT2D eigenvalue weighted by atomic mass is 35.5. The third-order valence-electron chi connectivity index (χ3n) is 4.07. The molecule has 140 valence electrons. The number of halogens is 3. The van der Waals surface area contributed by atoms with Crippen molar-refractivity contribution in [1.29, 1.82) is 0 Å². The van der Waals surface area contributed by atoms with E-state index in [0.29, 0.717) is 26.7 Å². The van der Waals surface area contributed by atoms with Gasteiger partial charge in [-0.05, 0) is 56.4 Å². The van der Waals surface area contributed by atoms with Crippen LogP contribution in [0.3, 0.4) is 0 Å².